The molecular weight excluding hydrogens is 453 g/mol. The van der Waals surface area contributed by atoms with Crippen LogP contribution in [0.15, 0.2) is 67.4 Å². The van der Waals surface area contributed by atoms with Gasteiger partial charge in [-0.25, -0.2) is 23.1 Å². The first kappa shape index (κ1) is 22.7. The number of pyridine rings is 1. The summed E-state index contributed by atoms with van der Waals surface area (Å²) >= 11 is 0. The maximum atomic E-state index is 14.0. The summed E-state index contributed by atoms with van der Waals surface area (Å²) in [6, 6.07) is 11.3. The third-order valence-corrected chi connectivity index (χ3v) is 6.18. The zero-order chi connectivity index (χ0) is 24.7. The predicted molar refractivity (Wildman–Crippen MR) is 128 cm³/mol. The number of aryl methyl sites for hydroxylation is 1. The zero-order valence-corrected chi connectivity index (χ0v) is 19.5. The van der Waals surface area contributed by atoms with Crippen LogP contribution in [0.5, 0.6) is 5.75 Å². The lowest BCUT2D eigenvalue weighted by molar-refractivity contribution is 0.413. The fourth-order valence-electron chi connectivity index (χ4n) is 4.52. The van der Waals surface area contributed by atoms with Crippen molar-refractivity contribution in [3.63, 3.8) is 0 Å². The van der Waals surface area contributed by atoms with E-state index in [0.29, 0.717) is 23.4 Å². The molecule has 8 heteroatoms. The van der Waals surface area contributed by atoms with Crippen LogP contribution < -0.4 is 4.74 Å². The number of halogens is 3. The molecule has 1 unspecified atom stereocenters. The van der Waals surface area contributed by atoms with Gasteiger partial charge in [-0.2, -0.15) is 0 Å². The Bertz CT molecular complexity index is 1520. The van der Waals surface area contributed by atoms with Gasteiger partial charge in [0, 0.05) is 29.5 Å². The minimum Gasteiger partial charge on any atom is -0.495 e. The van der Waals surface area contributed by atoms with Crippen molar-refractivity contribution in [1.29, 1.82) is 0 Å². The molecule has 0 spiro atoms. The first-order valence-electron chi connectivity index (χ1n) is 11.2. The maximum absolute atomic E-state index is 14.0. The lowest BCUT2D eigenvalue weighted by Crippen LogP contribution is -2.11. The summed E-state index contributed by atoms with van der Waals surface area (Å²) in [5.74, 6) is -3.23. The third kappa shape index (κ3) is 3.95. The largest absolute Gasteiger partial charge is 0.495 e. The van der Waals surface area contributed by atoms with Gasteiger partial charge in [0.2, 0.25) is 0 Å². The van der Waals surface area contributed by atoms with Crippen LogP contribution in [-0.4, -0.2) is 26.2 Å². The van der Waals surface area contributed by atoms with Crippen molar-refractivity contribution < 1.29 is 17.9 Å². The third-order valence-electron chi connectivity index (χ3n) is 6.18. The molecule has 5 aromatic rings. The quantitative estimate of drug-likeness (QED) is 0.259. The lowest BCUT2D eigenvalue weighted by atomic mass is 10.0. The number of hydrogen-bond donors (Lipinski definition) is 0. The zero-order valence-electron chi connectivity index (χ0n) is 19.5. The summed E-state index contributed by atoms with van der Waals surface area (Å²) in [5.41, 5.74) is 4.52. The molecule has 5 nitrogen and oxygen atoms in total. The van der Waals surface area contributed by atoms with Gasteiger partial charge in [0.15, 0.2) is 17.5 Å². The van der Waals surface area contributed by atoms with Crippen LogP contribution in [0.1, 0.15) is 30.6 Å². The molecule has 0 bridgehead atoms. The van der Waals surface area contributed by atoms with Crippen molar-refractivity contribution in [2.24, 2.45) is 0 Å². The molecule has 0 saturated carbocycles. The molecule has 0 aliphatic heterocycles. The summed E-state index contributed by atoms with van der Waals surface area (Å²) in [5, 5.41) is 0.877. The van der Waals surface area contributed by atoms with Gasteiger partial charge < -0.3 is 13.9 Å². The highest BCUT2D eigenvalue weighted by atomic mass is 19.2. The highest BCUT2D eigenvalue weighted by Crippen LogP contribution is 2.37. The van der Waals surface area contributed by atoms with E-state index in [1.807, 2.05) is 65.7 Å². The fourth-order valence-corrected chi connectivity index (χ4v) is 4.52. The number of ether oxygens (including phenoxy) is 1. The Hall–Kier alpha value is -4.07. The van der Waals surface area contributed by atoms with E-state index in [2.05, 4.69) is 9.97 Å². The molecule has 0 aliphatic rings. The van der Waals surface area contributed by atoms with Gasteiger partial charge in [-0.1, -0.05) is 13.0 Å². The minimum atomic E-state index is -1.47. The summed E-state index contributed by atoms with van der Waals surface area (Å²) in [4.78, 5) is 8.84. The summed E-state index contributed by atoms with van der Waals surface area (Å²) in [6.07, 6.45) is 7.76. The van der Waals surface area contributed by atoms with Crippen LogP contribution in [0.25, 0.3) is 27.8 Å². The van der Waals surface area contributed by atoms with Gasteiger partial charge in [0.05, 0.1) is 30.9 Å². The summed E-state index contributed by atoms with van der Waals surface area (Å²) < 4.78 is 51.1. The second-order valence-corrected chi connectivity index (χ2v) is 8.36. The van der Waals surface area contributed by atoms with E-state index < -0.39 is 23.5 Å². The smallest absolute Gasteiger partial charge is 0.194 e. The second-order valence-electron chi connectivity index (χ2n) is 8.36. The van der Waals surface area contributed by atoms with Crippen molar-refractivity contribution in [2.75, 3.05) is 7.11 Å². The molecule has 0 fully saturated rings. The van der Waals surface area contributed by atoms with Crippen molar-refractivity contribution in [1.82, 2.24) is 19.1 Å². The van der Waals surface area contributed by atoms with E-state index in [9.17, 15) is 13.2 Å². The summed E-state index contributed by atoms with van der Waals surface area (Å²) in [7, 11) is 1.61. The Morgan fingerprint density at radius 3 is 2.43 bits per heavy atom. The SMILES string of the molecule is CCC(c1cc(F)c(F)c(F)c1)n1cc(-c2ccc(-n3cnc(C)c3)c(OC)c2)c2cccnc21. The second kappa shape index (κ2) is 8.94. The molecule has 0 saturated heterocycles. The van der Waals surface area contributed by atoms with Crippen LogP contribution >= 0.6 is 0 Å². The van der Waals surface area contributed by atoms with Gasteiger partial charge in [-0.05, 0) is 60.9 Å². The molecular formula is C27H23F3N4O. The van der Waals surface area contributed by atoms with Crippen LogP contribution in [-0.2, 0) is 0 Å². The Kier molecular flexibility index (Phi) is 5.80. The highest BCUT2D eigenvalue weighted by Gasteiger charge is 2.22. The topological polar surface area (TPSA) is 44.9 Å². The van der Waals surface area contributed by atoms with E-state index in [1.54, 1.807) is 19.6 Å². The fraction of sp³-hybridized carbons (Fsp3) is 0.185. The number of imidazole rings is 1. The standard InChI is InChI=1S/C27H23F3N4O/c1-4-23(18-10-21(28)26(30)22(29)11-18)34-14-20(19-6-5-9-31-27(19)34)17-7-8-24(25(12-17)35-3)33-13-16(2)32-15-33/h5-15,23H,4H2,1-3H3. The normalized spacial score (nSPS) is 12.3. The average molecular weight is 477 g/mol. The Balaban J connectivity index is 1.66. The molecule has 0 amide bonds. The number of benzene rings is 2. The lowest BCUT2D eigenvalue weighted by Gasteiger charge is -2.19. The van der Waals surface area contributed by atoms with Crippen molar-refractivity contribution in [2.45, 2.75) is 26.3 Å². The minimum absolute atomic E-state index is 0.335. The van der Waals surface area contributed by atoms with Crippen molar-refractivity contribution in [3.8, 4) is 22.6 Å². The van der Waals surface area contributed by atoms with Gasteiger partial charge in [0.25, 0.3) is 0 Å². The van der Waals surface area contributed by atoms with Crippen molar-refractivity contribution >= 4 is 11.0 Å². The van der Waals surface area contributed by atoms with Gasteiger partial charge in [-0.15, -0.1) is 0 Å². The Morgan fingerprint density at radius 1 is 1.00 bits per heavy atom. The monoisotopic (exact) mass is 476 g/mol. The number of rotatable bonds is 6. The molecule has 0 N–H and O–H groups in total. The van der Waals surface area contributed by atoms with E-state index in [1.165, 1.54) is 0 Å². The van der Waals surface area contributed by atoms with Gasteiger partial charge in [-0.3, -0.25) is 0 Å². The van der Waals surface area contributed by atoms with E-state index in [4.69, 9.17) is 4.74 Å². The molecule has 0 aliphatic carbocycles. The van der Waals surface area contributed by atoms with Crippen LogP contribution in [0.4, 0.5) is 13.2 Å². The Labute approximate surface area is 200 Å². The summed E-state index contributed by atoms with van der Waals surface area (Å²) in [6.45, 7) is 3.82. The number of fused-ring (bicyclic) bond motifs is 1. The Morgan fingerprint density at radius 2 is 1.77 bits per heavy atom. The number of aromatic nitrogens is 4. The molecule has 35 heavy (non-hydrogen) atoms. The van der Waals surface area contributed by atoms with Crippen LogP contribution in [0.3, 0.4) is 0 Å². The van der Waals surface area contributed by atoms with E-state index >= 15 is 0 Å². The maximum Gasteiger partial charge on any atom is 0.194 e. The van der Waals surface area contributed by atoms with Crippen molar-refractivity contribution in [3.05, 3.63) is 96.1 Å². The number of methoxy groups -OCH3 is 1. The molecule has 3 heterocycles. The highest BCUT2D eigenvalue weighted by molar-refractivity contribution is 5.94. The first-order valence-corrected chi connectivity index (χ1v) is 11.2. The number of nitrogens with zero attached hydrogens (tertiary/aromatic N) is 4. The number of hydrogen-bond acceptors (Lipinski definition) is 3. The van der Waals surface area contributed by atoms with E-state index in [0.717, 1.165) is 40.0 Å². The molecule has 5 rings (SSSR count). The first-order chi connectivity index (χ1) is 16.9. The average Bonchev–Trinajstić information content (AvgIpc) is 3.47. The van der Waals surface area contributed by atoms with E-state index in [-0.39, 0.29) is 0 Å². The van der Waals surface area contributed by atoms with Crippen LogP contribution in [0, 0.1) is 24.4 Å². The molecule has 1 atom stereocenters. The van der Waals surface area contributed by atoms with Crippen LogP contribution in [0.2, 0.25) is 0 Å². The molecule has 2 aromatic carbocycles. The van der Waals surface area contributed by atoms with Gasteiger partial charge in [0.1, 0.15) is 11.4 Å². The molecule has 3 aromatic heterocycles. The molecule has 0 radical (unpaired) electrons. The predicted octanol–water partition coefficient (Wildman–Crippen LogP) is 6.62. The van der Waals surface area contributed by atoms with Gasteiger partial charge >= 0.3 is 0 Å². The molecule has 178 valence electrons.